The topological polar surface area (TPSA) is 73.6 Å². The molecule has 2 aromatic heterocycles. The van der Waals surface area contributed by atoms with Crippen LogP contribution in [-0.4, -0.2) is 15.2 Å². The van der Waals surface area contributed by atoms with Crippen molar-refractivity contribution in [3.05, 3.63) is 57.3 Å². The third-order valence-electron chi connectivity index (χ3n) is 2.72. The summed E-state index contributed by atoms with van der Waals surface area (Å²) in [6.45, 7) is 0.720. The normalized spacial score (nSPS) is 10.5. The van der Waals surface area contributed by atoms with E-state index in [9.17, 15) is 4.79 Å². The Balaban J connectivity index is 1.70. The van der Waals surface area contributed by atoms with Gasteiger partial charge in [-0.1, -0.05) is 12.1 Å². The number of H-pyrrole nitrogens is 2. The minimum atomic E-state index is -0.124. The van der Waals surface area contributed by atoms with E-state index in [4.69, 9.17) is 0 Å². The Labute approximate surface area is 113 Å². The fourth-order valence-corrected chi connectivity index (χ4v) is 2.33. The van der Waals surface area contributed by atoms with Crippen LogP contribution < -0.4 is 10.9 Å². The molecule has 0 atom stereocenters. The van der Waals surface area contributed by atoms with Crippen LogP contribution in [0.1, 0.15) is 5.01 Å². The number of hydrogen-bond acceptors (Lipinski definition) is 4. The van der Waals surface area contributed by atoms with E-state index in [1.54, 1.807) is 17.5 Å². The smallest absolute Gasteiger partial charge is 0.264 e. The van der Waals surface area contributed by atoms with Crippen molar-refractivity contribution < 1.29 is 0 Å². The zero-order valence-corrected chi connectivity index (χ0v) is 10.8. The highest BCUT2D eigenvalue weighted by atomic mass is 32.1. The third-order valence-corrected chi connectivity index (χ3v) is 3.50. The van der Waals surface area contributed by atoms with Crippen molar-refractivity contribution in [1.82, 2.24) is 15.2 Å². The van der Waals surface area contributed by atoms with Crippen LogP contribution in [-0.2, 0) is 6.54 Å². The van der Waals surface area contributed by atoms with Crippen LogP contribution in [0.15, 0.2) is 46.7 Å². The summed E-state index contributed by atoms with van der Waals surface area (Å²) in [6.07, 6.45) is 1.80. The molecule has 0 aliphatic carbocycles. The maximum Gasteiger partial charge on any atom is 0.264 e. The molecular formula is C13H12N4OS. The highest BCUT2D eigenvalue weighted by Crippen LogP contribution is 2.18. The van der Waals surface area contributed by atoms with Crippen molar-refractivity contribution in [1.29, 1.82) is 0 Å². The summed E-state index contributed by atoms with van der Waals surface area (Å²) in [6, 6.07) is 9.42. The molecule has 1 aromatic carbocycles. The first-order chi connectivity index (χ1) is 9.31. The lowest BCUT2D eigenvalue weighted by Gasteiger charge is -2.05. The molecule has 0 bridgehead atoms. The van der Waals surface area contributed by atoms with E-state index in [1.807, 2.05) is 29.6 Å². The van der Waals surface area contributed by atoms with E-state index in [0.29, 0.717) is 0 Å². The molecule has 6 heteroatoms. The molecule has 3 aromatic rings. The van der Waals surface area contributed by atoms with Crippen molar-refractivity contribution in [2.75, 3.05) is 5.32 Å². The number of benzene rings is 1. The maximum absolute atomic E-state index is 11.1. The third kappa shape index (κ3) is 2.74. The molecule has 96 valence electrons. The molecule has 0 saturated heterocycles. The van der Waals surface area contributed by atoms with Gasteiger partial charge in [0.05, 0.1) is 12.2 Å². The first-order valence-electron chi connectivity index (χ1n) is 5.81. The number of anilines is 1. The first-order valence-corrected chi connectivity index (χ1v) is 6.69. The first kappa shape index (κ1) is 11.7. The summed E-state index contributed by atoms with van der Waals surface area (Å²) >= 11 is 1.63. The maximum atomic E-state index is 11.1. The number of nitrogens with zero attached hydrogens (tertiary/aromatic N) is 1. The van der Waals surface area contributed by atoms with Gasteiger partial charge in [0.2, 0.25) is 0 Å². The highest BCUT2D eigenvalue weighted by Gasteiger charge is 2.01. The Hall–Kier alpha value is -2.34. The number of nitrogens with one attached hydrogen (secondary N) is 3. The SMILES string of the molecule is O=c1cc(-c2ccc(NCc3nccs3)cc2)[nH][nH]1. The number of aromatic amines is 2. The van der Waals surface area contributed by atoms with Crippen molar-refractivity contribution in [3.8, 4) is 11.3 Å². The van der Waals surface area contributed by atoms with E-state index >= 15 is 0 Å². The van der Waals surface area contributed by atoms with Crippen LogP contribution in [0, 0.1) is 0 Å². The molecule has 0 unspecified atom stereocenters. The van der Waals surface area contributed by atoms with Gasteiger partial charge >= 0.3 is 0 Å². The standard InChI is InChI=1S/C13H12N4OS/c18-12-7-11(16-17-12)9-1-3-10(4-2-9)15-8-13-14-5-6-19-13/h1-7,15H,8H2,(H2,16,17,18). The molecule has 3 rings (SSSR count). The lowest BCUT2D eigenvalue weighted by atomic mass is 10.1. The van der Waals surface area contributed by atoms with Gasteiger partial charge in [-0.25, -0.2) is 4.98 Å². The Morgan fingerprint density at radius 3 is 2.68 bits per heavy atom. The van der Waals surface area contributed by atoms with Gasteiger partial charge < -0.3 is 5.32 Å². The van der Waals surface area contributed by atoms with Gasteiger partial charge in [-0.15, -0.1) is 11.3 Å². The average molecular weight is 272 g/mol. The lowest BCUT2D eigenvalue weighted by molar-refractivity contribution is 1.06. The molecule has 3 N–H and O–H groups in total. The van der Waals surface area contributed by atoms with Gasteiger partial charge in [0.1, 0.15) is 5.01 Å². The number of rotatable bonds is 4. The molecular weight excluding hydrogens is 260 g/mol. The van der Waals surface area contributed by atoms with Crippen LogP contribution in [0.25, 0.3) is 11.3 Å². The zero-order valence-electron chi connectivity index (χ0n) is 10.0. The quantitative estimate of drug-likeness (QED) is 0.683. The predicted molar refractivity (Wildman–Crippen MR) is 76.3 cm³/mol. The minimum Gasteiger partial charge on any atom is -0.379 e. The summed E-state index contributed by atoms with van der Waals surface area (Å²) in [7, 11) is 0. The lowest BCUT2D eigenvalue weighted by Crippen LogP contribution is -1.98. The number of aromatic nitrogens is 3. The van der Waals surface area contributed by atoms with Crippen molar-refractivity contribution >= 4 is 17.0 Å². The summed E-state index contributed by atoms with van der Waals surface area (Å²) in [5, 5.41) is 11.7. The Morgan fingerprint density at radius 1 is 1.21 bits per heavy atom. The molecule has 0 spiro atoms. The van der Waals surface area contributed by atoms with Crippen LogP contribution in [0.5, 0.6) is 0 Å². The van der Waals surface area contributed by atoms with Gasteiger partial charge in [0, 0.05) is 23.3 Å². The van der Waals surface area contributed by atoms with Gasteiger partial charge in [-0.3, -0.25) is 15.0 Å². The van der Waals surface area contributed by atoms with Crippen molar-refractivity contribution in [2.24, 2.45) is 0 Å². The average Bonchev–Trinajstić information content (AvgIpc) is 3.08. The molecule has 19 heavy (non-hydrogen) atoms. The molecule has 5 nitrogen and oxygen atoms in total. The Kier molecular flexibility index (Phi) is 3.16. The van der Waals surface area contributed by atoms with E-state index in [1.165, 1.54) is 6.07 Å². The molecule has 0 aliphatic heterocycles. The van der Waals surface area contributed by atoms with Crippen LogP contribution in [0.2, 0.25) is 0 Å². The van der Waals surface area contributed by atoms with Crippen molar-refractivity contribution in [2.45, 2.75) is 6.54 Å². The van der Waals surface area contributed by atoms with Crippen LogP contribution >= 0.6 is 11.3 Å². The molecule has 0 amide bonds. The van der Waals surface area contributed by atoms with E-state index < -0.39 is 0 Å². The molecule has 2 heterocycles. The van der Waals surface area contributed by atoms with E-state index in [2.05, 4.69) is 20.5 Å². The van der Waals surface area contributed by atoms with Gasteiger partial charge in [0.15, 0.2) is 0 Å². The largest absolute Gasteiger partial charge is 0.379 e. The molecule has 0 saturated carbocycles. The Morgan fingerprint density at radius 2 is 2.05 bits per heavy atom. The highest BCUT2D eigenvalue weighted by molar-refractivity contribution is 7.09. The molecule has 0 radical (unpaired) electrons. The molecule has 0 fully saturated rings. The van der Waals surface area contributed by atoms with Crippen LogP contribution in [0.3, 0.4) is 0 Å². The summed E-state index contributed by atoms with van der Waals surface area (Å²) in [5.41, 5.74) is 2.66. The second kappa shape index (κ2) is 5.11. The minimum absolute atomic E-state index is 0.124. The monoisotopic (exact) mass is 272 g/mol. The van der Waals surface area contributed by atoms with Crippen molar-refractivity contribution in [3.63, 3.8) is 0 Å². The Bertz CT molecular complexity index is 697. The van der Waals surface area contributed by atoms with E-state index in [0.717, 1.165) is 28.5 Å². The summed E-state index contributed by atoms with van der Waals surface area (Å²) in [4.78, 5) is 15.3. The number of hydrogen-bond donors (Lipinski definition) is 3. The van der Waals surface area contributed by atoms with Crippen LogP contribution in [0.4, 0.5) is 5.69 Å². The van der Waals surface area contributed by atoms with E-state index in [-0.39, 0.29) is 5.56 Å². The fraction of sp³-hybridized carbons (Fsp3) is 0.0769. The van der Waals surface area contributed by atoms with Gasteiger partial charge in [-0.05, 0) is 17.7 Å². The van der Waals surface area contributed by atoms with Gasteiger partial charge in [0.25, 0.3) is 5.56 Å². The summed E-state index contributed by atoms with van der Waals surface area (Å²) < 4.78 is 0. The molecule has 0 aliphatic rings. The summed E-state index contributed by atoms with van der Waals surface area (Å²) in [5.74, 6) is 0. The number of thiazole rings is 1. The second-order valence-corrected chi connectivity index (χ2v) is 5.01. The fourth-order valence-electron chi connectivity index (χ4n) is 1.77. The van der Waals surface area contributed by atoms with Gasteiger partial charge in [-0.2, -0.15) is 0 Å². The predicted octanol–water partition coefficient (Wildman–Crippen LogP) is 2.44. The second-order valence-electron chi connectivity index (χ2n) is 4.03. The zero-order chi connectivity index (χ0) is 13.1.